The van der Waals surface area contributed by atoms with E-state index in [0.717, 1.165) is 37.7 Å². The largest absolute Gasteiger partial charge is 0.377 e. The molecule has 0 bridgehead atoms. The minimum Gasteiger partial charge on any atom is -0.377 e. The lowest BCUT2D eigenvalue weighted by Crippen LogP contribution is -2.32. The molecule has 0 spiro atoms. The molecule has 1 aromatic rings. The van der Waals surface area contributed by atoms with Crippen molar-refractivity contribution in [3.8, 4) is 0 Å². The standard InChI is InChI=1S/C18H27N3O4S/c19-15-6-5-14(10-15)18(22)20-11-13-3-7-17(8-4-13)26(23,24)21-12-16-2-1-9-25-16/h3-4,7-8,14-16,21H,1-2,5-6,9-12,19H2,(H,20,22). The number of nitrogens with one attached hydrogen (secondary N) is 2. The molecular weight excluding hydrogens is 354 g/mol. The highest BCUT2D eigenvalue weighted by atomic mass is 32.2. The van der Waals surface area contributed by atoms with Crippen LogP contribution in [0.5, 0.6) is 0 Å². The van der Waals surface area contributed by atoms with E-state index in [4.69, 9.17) is 10.5 Å². The highest BCUT2D eigenvalue weighted by molar-refractivity contribution is 7.89. The van der Waals surface area contributed by atoms with Crippen LogP contribution in [0.2, 0.25) is 0 Å². The van der Waals surface area contributed by atoms with E-state index in [2.05, 4.69) is 10.0 Å². The van der Waals surface area contributed by atoms with Crippen LogP contribution >= 0.6 is 0 Å². The molecule has 3 unspecified atom stereocenters. The van der Waals surface area contributed by atoms with Crippen molar-refractivity contribution in [2.24, 2.45) is 11.7 Å². The number of nitrogens with two attached hydrogens (primary N) is 1. The summed E-state index contributed by atoms with van der Waals surface area (Å²) in [5.74, 6) is 0.0135. The second-order valence-electron chi connectivity index (χ2n) is 7.12. The van der Waals surface area contributed by atoms with Crippen LogP contribution in [0.3, 0.4) is 0 Å². The summed E-state index contributed by atoms with van der Waals surface area (Å²) in [5, 5.41) is 2.91. The summed E-state index contributed by atoms with van der Waals surface area (Å²) in [7, 11) is -3.55. The topological polar surface area (TPSA) is 111 Å². The predicted molar refractivity (Wildman–Crippen MR) is 97.8 cm³/mol. The summed E-state index contributed by atoms with van der Waals surface area (Å²) in [4.78, 5) is 12.3. The van der Waals surface area contributed by atoms with Crippen molar-refractivity contribution >= 4 is 15.9 Å². The van der Waals surface area contributed by atoms with Crippen molar-refractivity contribution in [2.45, 2.75) is 55.7 Å². The van der Waals surface area contributed by atoms with E-state index in [9.17, 15) is 13.2 Å². The predicted octanol–water partition coefficient (Wildman–Crippen LogP) is 0.888. The summed E-state index contributed by atoms with van der Waals surface area (Å²) >= 11 is 0. The van der Waals surface area contributed by atoms with Crippen LogP contribution in [0.25, 0.3) is 0 Å². The Labute approximate surface area is 154 Å². The quantitative estimate of drug-likeness (QED) is 0.650. The molecule has 8 heteroatoms. The maximum atomic E-state index is 12.3. The van der Waals surface area contributed by atoms with Crippen molar-refractivity contribution in [3.05, 3.63) is 29.8 Å². The molecule has 1 aliphatic carbocycles. The van der Waals surface area contributed by atoms with Gasteiger partial charge < -0.3 is 15.8 Å². The number of rotatable bonds is 7. The second kappa shape index (κ2) is 8.47. The van der Waals surface area contributed by atoms with Crippen LogP contribution in [0.15, 0.2) is 29.2 Å². The fourth-order valence-electron chi connectivity index (χ4n) is 3.47. The van der Waals surface area contributed by atoms with Crippen molar-refractivity contribution in [2.75, 3.05) is 13.2 Å². The highest BCUT2D eigenvalue weighted by Gasteiger charge is 2.27. The van der Waals surface area contributed by atoms with Gasteiger partial charge in [0.15, 0.2) is 0 Å². The molecule has 26 heavy (non-hydrogen) atoms. The van der Waals surface area contributed by atoms with Gasteiger partial charge in [-0.15, -0.1) is 0 Å². The smallest absolute Gasteiger partial charge is 0.240 e. The van der Waals surface area contributed by atoms with Crippen LogP contribution < -0.4 is 15.8 Å². The van der Waals surface area contributed by atoms with Crippen molar-refractivity contribution in [1.82, 2.24) is 10.0 Å². The Kier molecular flexibility index (Phi) is 6.29. The van der Waals surface area contributed by atoms with Gasteiger partial charge in [0.1, 0.15) is 0 Å². The summed E-state index contributed by atoms with van der Waals surface area (Å²) in [5.41, 5.74) is 6.70. The molecule has 0 radical (unpaired) electrons. The minimum atomic E-state index is -3.55. The Morgan fingerprint density at radius 2 is 1.96 bits per heavy atom. The number of carbonyl (C=O) groups is 1. The first-order valence-corrected chi connectivity index (χ1v) is 10.7. The maximum absolute atomic E-state index is 12.3. The van der Waals surface area contributed by atoms with Crippen LogP contribution in [-0.4, -0.2) is 39.6 Å². The second-order valence-corrected chi connectivity index (χ2v) is 8.89. The van der Waals surface area contributed by atoms with E-state index >= 15 is 0 Å². The molecule has 2 fully saturated rings. The van der Waals surface area contributed by atoms with E-state index < -0.39 is 10.0 Å². The lowest BCUT2D eigenvalue weighted by molar-refractivity contribution is -0.125. The van der Waals surface area contributed by atoms with Crippen LogP contribution in [0, 0.1) is 5.92 Å². The number of ether oxygens (including phenoxy) is 1. The first-order valence-electron chi connectivity index (χ1n) is 9.17. The van der Waals surface area contributed by atoms with E-state index in [1.54, 1.807) is 24.3 Å². The fourth-order valence-corrected chi connectivity index (χ4v) is 4.53. The molecule has 1 amide bonds. The molecule has 1 saturated carbocycles. The van der Waals surface area contributed by atoms with Crippen LogP contribution in [0.4, 0.5) is 0 Å². The molecule has 3 atom stereocenters. The number of hydrogen-bond acceptors (Lipinski definition) is 5. The first kappa shape index (κ1) is 19.3. The molecule has 4 N–H and O–H groups in total. The maximum Gasteiger partial charge on any atom is 0.240 e. The van der Waals surface area contributed by atoms with Crippen LogP contribution in [-0.2, 0) is 26.1 Å². The van der Waals surface area contributed by atoms with Crippen molar-refractivity contribution in [3.63, 3.8) is 0 Å². The lowest BCUT2D eigenvalue weighted by atomic mass is 10.1. The first-order chi connectivity index (χ1) is 12.4. The van der Waals surface area contributed by atoms with Gasteiger partial charge in [-0.25, -0.2) is 13.1 Å². The third-order valence-corrected chi connectivity index (χ3v) is 6.51. The van der Waals surface area contributed by atoms with E-state index in [1.165, 1.54) is 0 Å². The number of carbonyl (C=O) groups excluding carboxylic acids is 1. The number of hydrogen-bond donors (Lipinski definition) is 3. The minimum absolute atomic E-state index is 0.00772. The molecule has 2 aliphatic rings. The van der Waals surface area contributed by atoms with Gasteiger partial charge >= 0.3 is 0 Å². The Morgan fingerprint density at radius 1 is 1.19 bits per heavy atom. The summed E-state index contributed by atoms with van der Waals surface area (Å²) in [6.07, 6.45) is 4.28. The Hall–Kier alpha value is -1.48. The third-order valence-electron chi connectivity index (χ3n) is 5.07. The van der Waals surface area contributed by atoms with Gasteiger partial charge in [0, 0.05) is 31.7 Å². The zero-order chi connectivity index (χ0) is 18.6. The lowest BCUT2D eigenvalue weighted by Gasteiger charge is -2.13. The molecule has 7 nitrogen and oxygen atoms in total. The van der Waals surface area contributed by atoms with E-state index in [-0.39, 0.29) is 28.9 Å². The molecule has 1 heterocycles. The number of sulfonamides is 1. The van der Waals surface area contributed by atoms with Crippen LogP contribution in [0.1, 0.15) is 37.7 Å². The average molecular weight is 381 g/mol. The Bertz CT molecular complexity index is 714. The van der Waals surface area contributed by atoms with Gasteiger partial charge in [0.25, 0.3) is 0 Å². The third kappa shape index (κ3) is 5.03. The van der Waals surface area contributed by atoms with Gasteiger partial charge in [0.05, 0.1) is 11.0 Å². The number of amides is 1. The Morgan fingerprint density at radius 3 is 2.58 bits per heavy atom. The Balaban J connectivity index is 1.50. The molecular formula is C18H27N3O4S. The summed E-state index contributed by atoms with van der Waals surface area (Å²) in [6.45, 7) is 1.37. The fraction of sp³-hybridized carbons (Fsp3) is 0.611. The monoisotopic (exact) mass is 381 g/mol. The summed E-state index contributed by atoms with van der Waals surface area (Å²) in [6, 6.07) is 6.69. The molecule has 1 aromatic carbocycles. The van der Waals surface area contributed by atoms with Gasteiger partial charge in [-0.05, 0) is 49.8 Å². The highest BCUT2D eigenvalue weighted by Crippen LogP contribution is 2.24. The van der Waals surface area contributed by atoms with Gasteiger partial charge in [-0.3, -0.25) is 4.79 Å². The molecule has 0 aromatic heterocycles. The van der Waals surface area contributed by atoms with Gasteiger partial charge in [-0.1, -0.05) is 12.1 Å². The molecule has 144 valence electrons. The van der Waals surface area contributed by atoms with Gasteiger partial charge in [-0.2, -0.15) is 0 Å². The average Bonchev–Trinajstić information content (AvgIpc) is 3.30. The zero-order valence-corrected chi connectivity index (χ0v) is 15.6. The normalized spacial score (nSPS) is 26.1. The number of benzene rings is 1. The van der Waals surface area contributed by atoms with E-state index in [1.807, 2.05) is 0 Å². The molecule has 1 aliphatic heterocycles. The zero-order valence-electron chi connectivity index (χ0n) is 14.8. The van der Waals surface area contributed by atoms with Crippen molar-refractivity contribution in [1.29, 1.82) is 0 Å². The molecule has 1 saturated heterocycles. The van der Waals surface area contributed by atoms with Gasteiger partial charge in [0.2, 0.25) is 15.9 Å². The molecule has 3 rings (SSSR count). The van der Waals surface area contributed by atoms with E-state index in [0.29, 0.717) is 19.7 Å². The SMILES string of the molecule is NC1CCC(C(=O)NCc2ccc(S(=O)(=O)NCC3CCCO3)cc2)C1. The van der Waals surface area contributed by atoms with Crippen molar-refractivity contribution < 1.29 is 17.9 Å². The summed E-state index contributed by atoms with van der Waals surface area (Å²) < 4.78 is 32.7.